The van der Waals surface area contributed by atoms with Crippen molar-refractivity contribution in [3.8, 4) is 5.75 Å². The molecule has 0 saturated carbocycles. The number of fused-ring (bicyclic) bond motifs is 1. The van der Waals surface area contributed by atoms with Crippen LogP contribution >= 0.6 is 11.6 Å². The third-order valence-electron chi connectivity index (χ3n) is 4.54. The molecule has 1 N–H and O–H groups in total. The Morgan fingerprint density at radius 2 is 1.87 bits per heavy atom. The number of hydrogen-bond donors (Lipinski definition) is 1. The molecule has 0 aliphatic heterocycles. The molecule has 0 aliphatic carbocycles. The Morgan fingerprint density at radius 1 is 1.10 bits per heavy atom. The van der Waals surface area contributed by atoms with Gasteiger partial charge in [-0.1, -0.05) is 35.9 Å². The van der Waals surface area contributed by atoms with E-state index in [9.17, 15) is 9.59 Å². The molecule has 7 nitrogen and oxygen atoms in total. The Morgan fingerprint density at radius 3 is 2.60 bits per heavy atom. The summed E-state index contributed by atoms with van der Waals surface area (Å²) < 4.78 is 6.61. The lowest BCUT2D eigenvalue weighted by atomic mass is 10.2. The predicted molar refractivity (Wildman–Crippen MR) is 115 cm³/mol. The van der Waals surface area contributed by atoms with E-state index in [-0.39, 0.29) is 12.2 Å². The van der Waals surface area contributed by atoms with Gasteiger partial charge in [-0.05, 0) is 42.0 Å². The SMILES string of the molecule is COc1ccc(Cn2c(=O)c(C(=O)Nc3ccccc3Cl)nc3cccnc32)cc1. The minimum absolute atomic E-state index is 0.227. The summed E-state index contributed by atoms with van der Waals surface area (Å²) in [4.78, 5) is 34.6. The Hall–Kier alpha value is -3.71. The maximum Gasteiger partial charge on any atom is 0.284 e. The average molecular weight is 421 g/mol. The molecular formula is C22H17ClN4O3. The van der Waals surface area contributed by atoms with E-state index in [4.69, 9.17) is 16.3 Å². The third kappa shape index (κ3) is 3.88. The molecule has 1 amide bonds. The van der Waals surface area contributed by atoms with Gasteiger partial charge in [-0.2, -0.15) is 0 Å². The number of amides is 1. The number of hydrogen-bond acceptors (Lipinski definition) is 5. The van der Waals surface area contributed by atoms with Crippen LogP contribution in [0.25, 0.3) is 11.2 Å². The number of ether oxygens (including phenoxy) is 1. The van der Waals surface area contributed by atoms with Crippen molar-refractivity contribution in [2.75, 3.05) is 12.4 Å². The second-order valence-corrected chi connectivity index (χ2v) is 6.89. The van der Waals surface area contributed by atoms with E-state index in [1.165, 1.54) is 4.57 Å². The minimum atomic E-state index is -0.637. The van der Waals surface area contributed by atoms with Crippen LogP contribution in [-0.2, 0) is 6.54 Å². The van der Waals surface area contributed by atoms with Crippen molar-refractivity contribution in [1.82, 2.24) is 14.5 Å². The van der Waals surface area contributed by atoms with Crippen LogP contribution in [0, 0.1) is 0 Å². The lowest BCUT2D eigenvalue weighted by Gasteiger charge is -2.12. The molecule has 0 atom stereocenters. The molecule has 2 aromatic heterocycles. The number of nitrogens with one attached hydrogen (secondary N) is 1. The lowest BCUT2D eigenvalue weighted by molar-refractivity contribution is 0.102. The van der Waals surface area contributed by atoms with E-state index in [1.54, 1.807) is 49.7 Å². The molecular weight excluding hydrogens is 404 g/mol. The first kappa shape index (κ1) is 19.6. The Bertz CT molecular complexity index is 1290. The van der Waals surface area contributed by atoms with Crippen molar-refractivity contribution < 1.29 is 9.53 Å². The molecule has 2 heterocycles. The monoisotopic (exact) mass is 420 g/mol. The molecule has 0 unspecified atom stereocenters. The van der Waals surface area contributed by atoms with Crippen LogP contribution < -0.4 is 15.6 Å². The highest BCUT2D eigenvalue weighted by Gasteiger charge is 2.19. The molecule has 4 rings (SSSR count). The van der Waals surface area contributed by atoms with Gasteiger partial charge < -0.3 is 10.1 Å². The van der Waals surface area contributed by atoms with Gasteiger partial charge in [0, 0.05) is 6.20 Å². The van der Waals surface area contributed by atoms with Gasteiger partial charge in [-0.25, -0.2) is 9.97 Å². The normalized spacial score (nSPS) is 10.7. The summed E-state index contributed by atoms with van der Waals surface area (Å²) in [5.41, 5.74) is 1.32. The number of carbonyl (C=O) groups is 1. The van der Waals surface area contributed by atoms with E-state index in [1.807, 2.05) is 24.3 Å². The largest absolute Gasteiger partial charge is 0.497 e. The number of anilines is 1. The smallest absolute Gasteiger partial charge is 0.284 e. The van der Waals surface area contributed by atoms with Gasteiger partial charge in [0.2, 0.25) is 0 Å². The molecule has 0 saturated heterocycles. The Balaban J connectivity index is 1.77. The van der Waals surface area contributed by atoms with Crippen LogP contribution in [0.4, 0.5) is 5.69 Å². The van der Waals surface area contributed by atoms with Crippen LogP contribution in [-0.4, -0.2) is 27.6 Å². The van der Waals surface area contributed by atoms with E-state index >= 15 is 0 Å². The van der Waals surface area contributed by atoms with Gasteiger partial charge >= 0.3 is 0 Å². The Kier molecular flexibility index (Phi) is 5.45. The predicted octanol–water partition coefficient (Wildman–Crippen LogP) is 3.75. The van der Waals surface area contributed by atoms with Crippen LogP contribution in [0.2, 0.25) is 5.02 Å². The number of para-hydroxylation sites is 1. The number of methoxy groups -OCH3 is 1. The van der Waals surface area contributed by atoms with Crippen LogP contribution in [0.1, 0.15) is 16.1 Å². The summed E-state index contributed by atoms with van der Waals surface area (Å²) in [6, 6.07) is 17.5. The number of carbonyl (C=O) groups excluding carboxylic acids is 1. The highest BCUT2D eigenvalue weighted by molar-refractivity contribution is 6.33. The first-order chi connectivity index (χ1) is 14.6. The van der Waals surface area contributed by atoms with Gasteiger partial charge in [0.25, 0.3) is 11.5 Å². The first-order valence-electron chi connectivity index (χ1n) is 9.11. The topological polar surface area (TPSA) is 86.1 Å². The van der Waals surface area contributed by atoms with Crippen molar-refractivity contribution in [3.63, 3.8) is 0 Å². The third-order valence-corrected chi connectivity index (χ3v) is 4.87. The summed E-state index contributed by atoms with van der Waals surface area (Å²) in [7, 11) is 1.59. The second kappa shape index (κ2) is 8.34. The van der Waals surface area contributed by atoms with Gasteiger partial charge in [0.05, 0.1) is 24.4 Å². The quantitative estimate of drug-likeness (QED) is 0.531. The standard InChI is InChI=1S/C22H17ClN4O3/c1-30-15-10-8-14(9-11-15)13-27-20-18(7-4-12-24-20)25-19(22(27)29)21(28)26-17-6-3-2-5-16(17)23/h2-12H,13H2,1H3,(H,26,28). The summed E-state index contributed by atoms with van der Waals surface area (Å²) in [6.45, 7) is 0.227. The number of rotatable bonds is 5. The van der Waals surface area contributed by atoms with Crippen molar-refractivity contribution in [2.45, 2.75) is 6.54 Å². The molecule has 8 heteroatoms. The number of aromatic nitrogens is 3. The number of halogens is 1. The summed E-state index contributed by atoms with van der Waals surface area (Å²) in [5.74, 6) is 0.0750. The van der Waals surface area contributed by atoms with E-state index in [0.29, 0.717) is 27.6 Å². The highest BCUT2D eigenvalue weighted by Crippen LogP contribution is 2.21. The van der Waals surface area contributed by atoms with Gasteiger partial charge in [-0.3, -0.25) is 14.2 Å². The molecule has 0 aliphatic rings. The molecule has 2 aromatic carbocycles. The fraction of sp³-hybridized carbons (Fsp3) is 0.0909. The summed E-state index contributed by atoms with van der Waals surface area (Å²) in [6.07, 6.45) is 1.58. The number of benzene rings is 2. The molecule has 0 radical (unpaired) electrons. The molecule has 150 valence electrons. The van der Waals surface area contributed by atoms with Crippen LogP contribution in [0.15, 0.2) is 71.7 Å². The zero-order valence-corrected chi connectivity index (χ0v) is 16.8. The maximum atomic E-state index is 13.2. The lowest BCUT2D eigenvalue weighted by Crippen LogP contribution is -2.32. The van der Waals surface area contributed by atoms with Crippen LogP contribution in [0.3, 0.4) is 0 Å². The van der Waals surface area contributed by atoms with Crippen molar-refractivity contribution >= 4 is 34.4 Å². The van der Waals surface area contributed by atoms with Crippen molar-refractivity contribution in [1.29, 1.82) is 0 Å². The molecule has 30 heavy (non-hydrogen) atoms. The first-order valence-corrected chi connectivity index (χ1v) is 9.49. The Labute approximate surface area is 176 Å². The van der Waals surface area contributed by atoms with Gasteiger partial charge in [-0.15, -0.1) is 0 Å². The fourth-order valence-corrected chi connectivity index (χ4v) is 3.21. The van der Waals surface area contributed by atoms with Gasteiger partial charge in [0.1, 0.15) is 11.3 Å². The summed E-state index contributed by atoms with van der Waals surface area (Å²) in [5, 5.41) is 3.02. The van der Waals surface area contributed by atoms with Crippen molar-refractivity contribution in [3.05, 3.63) is 93.5 Å². The average Bonchev–Trinajstić information content (AvgIpc) is 2.77. The minimum Gasteiger partial charge on any atom is -0.497 e. The fourth-order valence-electron chi connectivity index (χ4n) is 3.03. The zero-order chi connectivity index (χ0) is 21.1. The molecule has 0 spiro atoms. The molecule has 4 aromatic rings. The van der Waals surface area contributed by atoms with E-state index in [0.717, 1.165) is 5.56 Å². The highest BCUT2D eigenvalue weighted by atomic mass is 35.5. The second-order valence-electron chi connectivity index (χ2n) is 6.48. The summed E-state index contributed by atoms with van der Waals surface area (Å²) >= 11 is 6.12. The van der Waals surface area contributed by atoms with Crippen molar-refractivity contribution in [2.24, 2.45) is 0 Å². The molecule has 0 bridgehead atoms. The molecule has 0 fully saturated rings. The van der Waals surface area contributed by atoms with Gasteiger partial charge in [0.15, 0.2) is 11.3 Å². The number of nitrogens with zero attached hydrogens (tertiary/aromatic N) is 3. The zero-order valence-electron chi connectivity index (χ0n) is 16.0. The number of pyridine rings is 1. The maximum absolute atomic E-state index is 13.2. The van der Waals surface area contributed by atoms with E-state index < -0.39 is 11.5 Å². The van der Waals surface area contributed by atoms with Crippen LogP contribution in [0.5, 0.6) is 5.75 Å². The van der Waals surface area contributed by atoms with E-state index in [2.05, 4.69) is 15.3 Å².